The second kappa shape index (κ2) is 6.31. The quantitative estimate of drug-likeness (QED) is 0.924. The molecule has 1 atom stereocenters. The zero-order valence-electron chi connectivity index (χ0n) is 14.1. The van der Waals surface area contributed by atoms with Crippen LogP contribution >= 0.6 is 0 Å². The van der Waals surface area contributed by atoms with Crippen molar-refractivity contribution in [2.75, 3.05) is 0 Å². The molecule has 1 fully saturated rings. The van der Waals surface area contributed by atoms with E-state index in [4.69, 9.17) is 9.36 Å². The molecule has 0 saturated heterocycles. The number of amides is 1. The first-order valence-electron chi connectivity index (χ1n) is 8.57. The fraction of sp³-hybridized carbons (Fsp3) is 0.444. The molecule has 2 heterocycles. The second-order valence-corrected chi connectivity index (χ2v) is 6.63. The van der Waals surface area contributed by atoms with Crippen molar-refractivity contribution in [2.45, 2.75) is 50.7 Å². The van der Waals surface area contributed by atoms with E-state index in [-0.39, 0.29) is 12.0 Å². The highest BCUT2D eigenvalue weighted by Gasteiger charge is 2.42. The third kappa shape index (κ3) is 3.01. The molecular formula is C18H20N4O3. The van der Waals surface area contributed by atoms with Crippen molar-refractivity contribution in [3.05, 3.63) is 47.6 Å². The number of benzene rings is 1. The molecular weight excluding hydrogens is 320 g/mol. The summed E-state index contributed by atoms with van der Waals surface area (Å²) in [6.07, 6.45) is 3.88. The Kier molecular flexibility index (Phi) is 3.99. The van der Waals surface area contributed by atoms with Gasteiger partial charge in [-0.3, -0.25) is 4.79 Å². The molecule has 25 heavy (non-hydrogen) atoms. The Bertz CT molecular complexity index is 794. The molecule has 1 amide bonds. The van der Waals surface area contributed by atoms with Gasteiger partial charge in [0.25, 0.3) is 5.91 Å². The standard InChI is InChI=1S/C18H20N4O3/c1-12-19-17(22-24-12)18(9-5-6-10-18)20-16(23)14-11-15(25-21-14)13-7-3-2-4-8-13/h2-4,7-8,15H,5-6,9-11H2,1H3,(H,20,23). The normalized spacial score (nSPS) is 21.6. The van der Waals surface area contributed by atoms with Gasteiger partial charge in [0.05, 0.1) is 0 Å². The third-order valence-electron chi connectivity index (χ3n) is 4.87. The van der Waals surface area contributed by atoms with Crippen LogP contribution in [0.15, 0.2) is 40.0 Å². The zero-order chi connectivity index (χ0) is 17.3. The minimum atomic E-state index is -0.567. The molecule has 1 N–H and O–H groups in total. The summed E-state index contributed by atoms with van der Waals surface area (Å²) in [7, 11) is 0. The maximum absolute atomic E-state index is 12.8. The van der Waals surface area contributed by atoms with E-state index in [1.54, 1.807) is 6.92 Å². The van der Waals surface area contributed by atoms with Gasteiger partial charge in [0.1, 0.15) is 11.3 Å². The van der Waals surface area contributed by atoms with Crippen molar-refractivity contribution in [1.82, 2.24) is 15.5 Å². The van der Waals surface area contributed by atoms with E-state index in [0.717, 1.165) is 31.2 Å². The number of oxime groups is 1. The fourth-order valence-corrected chi connectivity index (χ4v) is 3.52. The van der Waals surface area contributed by atoms with Crippen molar-refractivity contribution >= 4 is 11.6 Å². The van der Waals surface area contributed by atoms with E-state index in [9.17, 15) is 4.79 Å². The Morgan fingerprint density at radius 3 is 2.68 bits per heavy atom. The van der Waals surface area contributed by atoms with Gasteiger partial charge in [0.2, 0.25) is 5.89 Å². The van der Waals surface area contributed by atoms with Crippen LogP contribution in [0, 0.1) is 6.92 Å². The molecule has 1 unspecified atom stereocenters. The van der Waals surface area contributed by atoms with Gasteiger partial charge in [-0.2, -0.15) is 4.98 Å². The predicted molar refractivity (Wildman–Crippen MR) is 89.6 cm³/mol. The van der Waals surface area contributed by atoms with Gasteiger partial charge in [0, 0.05) is 13.3 Å². The van der Waals surface area contributed by atoms with Crippen molar-refractivity contribution in [2.24, 2.45) is 5.16 Å². The molecule has 130 valence electrons. The number of nitrogens with one attached hydrogen (secondary N) is 1. The Morgan fingerprint density at radius 1 is 1.24 bits per heavy atom. The van der Waals surface area contributed by atoms with E-state index in [2.05, 4.69) is 20.6 Å². The lowest BCUT2D eigenvalue weighted by Gasteiger charge is -2.26. The summed E-state index contributed by atoms with van der Waals surface area (Å²) in [4.78, 5) is 22.6. The molecule has 0 spiro atoms. The molecule has 1 aromatic heterocycles. The molecule has 0 bridgehead atoms. The van der Waals surface area contributed by atoms with Crippen molar-refractivity contribution in [1.29, 1.82) is 0 Å². The molecule has 2 aliphatic rings. The number of aryl methyl sites for hydroxylation is 1. The summed E-state index contributed by atoms with van der Waals surface area (Å²) in [6.45, 7) is 1.75. The zero-order valence-corrected chi connectivity index (χ0v) is 14.1. The van der Waals surface area contributed by atoms with Crippen molar-refractivity contribution in [3.8, 4) is 0 Å². The lowest BCUT2D eigenvalue weighted by Crippen LogP contribution is -2.47. The van der Waals surface area contributed by atoms with Crippen LogP contribution < -0.4 is 5.32 Å². The Morgan fingerprint density at radius 2 is 2.00 bits per heavy atom. The fourth-order valence-electron chi connectivity index (χ4n) is 3.52. The number of hydrogen-bond acceptors (Lipinski definition) is 6. The maximum Gasteiger partial charge on any atom is 0.270 e. The molecule has 2 aromatic rings. The molecule has 4 rings (SSSR count). The van der Waals surface area contributed by atoms with Crippen molar-refractivity contribution in [3.63, 3.8) is 0 Å². The minimum absolute atomic E-state index is 0.214. The van der Waals surface area contributed by atoms with Crippen LogP contribution in [-0.4, -0.2) is 21.8 Å². The van der Waals surface area contributed by atoms with Crippen LogP contribution in [0.3, 0.4) is 0 Å². The lowest BCUT2D eigenvalue weighted by molar-refractivity contribution is -0.117. The average Bonchev–Trinajstić information content (AvgIpc) is 3.36. The number of aromatic nitrogens is 2. The van der Waals surface area contributed by atoms with Gasteiger partial charge in [0.15, 0.2) is 11.9 Å². The molecule has 0 radical (unpaired) electrons. The van der Waals surface area contributed by atoms with Crippen molar-refractivity contribution < 1.29 is 14.2 Å². The number of carbonyl (C=O) groups is 1. The molecule has 1 saturated carbocycles. The predicted octanol–water partition coefficient (Wildman–Crippen LogP) is 2.78. The summed E-state index contributed by atoms with van der Waals surface area (Å²) >= 11 is 0. The molecule has 1 aliphatic carbocycles. The monoisotopic (exact) mass is 340 g/mol. The molecule has 1 aliphatic heterocycles. The first-order valence-corrected chi connectivity index (χ1v) is 8.57. The van der Waals surface area contributed by atoms with Crippen LogP contribution in [-0.2, 0) is 15.2 Å². The molecule has 7 heteroatoms. The highest BCUT2D eigenvalue weighted by molar-refractivity contribution is 6.39. The largest absolute Gasteiger partial charge is 0.387 e. The SMILES string of the molecule is Cc1nc(C2(NC(=O)C3=NOC(c4ccccc4)C3)CCCC2)no1. The maximum atomic E-state index is 12.8. The summed E-state index contributed by atoms with van der Waals surface area (Å²) in [5.74, 6) is 0.832. The number of rotatable bonds is 4. The summed E-state index contributed by atoms with van der Waals surface area (Å²) in [5.41, 5.74) is 0.848. The highest BCUT2D eigenvalue weighted by atomic mass is 16.6. The number of carbonyl (C=O) groups excluding carboxylic acids is 1. The first kappa shape index (κ1) is 15.8. The highest BCUT2D eigenvalue weighted by Crippen LogP contribution is 2.37. The second-order valence-electron chi connectivity index (χ2n) is 6.63. The van der Waals surface area contributed by atoms with E-state index in [0.29, 0.717) is 23.8 Å². The lowest BCUT2D eigenvalue weighted by atomic mass is 9.95. The van der Waals surface area contributed by atoms with Crippen LogP contribution in [0.2, 0.25) is 0 Å². The number of hydrogen-bond donors (Lipinski definition) is 1. The Balaban J connectivity index is 1.48. The van der Waals surface area contributed by atoms with E-state index < -0.39 is 5.54 Å². The van der Waals surface area contributed by atoms with Gasteiger partial charge in [-0.05, 0) is 18.4 Å². The molecule has 7 nitrogen and oxygen atoms in total. The minimum Gasteiger partial charge on any atom is -0.387 e. The van der Waals surface area contributed by atoms with Gasteiger partial charge >= 0.3 is 0 Å². The van der Waals surface area contributed by atoms with Crippen LogP contribution in [0.4, 0.5) is 0 Å². The van der Waals surface area contributed by atoms with Crippen LogP contribution in [0.5, 0.6) is 0 Å². The van der Waals surface area contributed by atoms with E-state index in [1.807, 2.05) is 30.3 Å². The average molecular weight is 340 g/mol. The summed E-state index contributed by atoms with van der Waals surface area (Å²) < 4.78 is 5.12. The Labute approximate surface area is 145 Å². The summed E-state index contributed by atoms with van der Waals surface area (Å²) in [5, 5.41) is 11.1. The van der Waals surface area contributed by atoms with E-state index in [1.165, 1.54) is 0 Å². The topological polar surface area (TPSA) is 89.6 Å². The first-order chi connectivity index (χ1) is 12.2. The molecule has 1 aromatic carbocycles. The van der Waals surface area contributed by atoms with E-state index >= 15 is 0 Å². The van der Waals surface area contributed by atoms with Gasteiger partial charge in [-0.1, -0.05) is 53.5 Å². The van der Waals surface area contributed by atoms with Gasteiger partial charge < -0.3 is 14.7 Å². The van der Waals surface area contributed by atoms with Crippen LogP contribution in [0.1, 0.15) is 55.5 Å². The number of nitrogens with zero attached hydrogens (tertiary/aromatic N) is 3. The smallest absolute Gasteiger partial charge is 0.270 e. The van der Waals surface area contributed by atoms with Gasteiger partial charge in [-0.15, -0.1) is 0 Å². The summed E-state index contributed by atoms with van der Waals surface area (Å²) in [6, 6.07) is 9.79. The third-order valence-corrected chi connectivity index (χ3v) is 4.87. The van der Waals surface area contributed by atoms with Gasteiger partial charge in [-0.25, -0.2) is 0 Å². The Hall–Kier alpha value is -2.70. The van der Waals surface area contributed by atoms with Crippen LogP contribution in [0.25, 0.3) is 0 Å².